The molecule has 62 valence electrons. The van der Waals surface area contributed by atoms with Crippen LogP contribution in [0.15, 0.2) is 18.4 Å². The average molecular weight is 154 g/mol. The van der Waals surface area contributed by atoms with Gasteiger partial charge in [0.2, 0.25) is 0 Å². The first-order valence-corrected chi connectivity index (χ1v) is 3.73. The Bertz CT molecular complexity index is 166. The van der Waals surface area contributed by atoms with Gasteiger partial charge in [-0.25, -0.2) is 0 Å². The molecule has 0 fully saturated rings. The van der Waals surface area contributed by atoms with Crippen molar-refractivity contribution >= 4 is 5.97 Å². The fourth-order valence-electron chi connectivity index (χ4n) is 0.805. The highest BCUT2D eigenvalue weighted by molar-refractivity contribution is 5.66. The van der Waals surface area contributed by atoms with E-state index in [1.807, 2.05) is 6.92 Å². The fourth-order valence-corrected chi connectivity index (χ4v) is 0.805. The zero-order valence-electron chi connectivity index (χ0n) is 7.09. The van der Waals surface area contributed by atoms with Gasteiger partial charge in [0.15, 0.2) is 0 Å². The van der Waals surface area contributed by atoms with E-state index in [4.69, 9.17) is 4.74 Å². The highest BCUT2D eigenvalue weighted by atomic mass is 16.5. The van der Waals surface area contributed by atoms with Gasteiger partial charge in [-0.3, -0.25) is 4.79 Å². The molecule has 0 aromatic carbocycles. The second-order valence-corrected chi connectivity index (χ2v) is 2.31. The van der Waals surface area contributed by atoms with E-state index in [1.54, 1.807) is 6.08 Å². The summed E-state index contributed by atoms with van der Waals surface area (Å²) in [4.78, 5) is 10.5. The lowest BCUT2D eigenvalue weighted by atomic mass is 10.2. The summed E-state index contributed by atoms with van der Waals surface area (Å²) < 4.78 is 4.93. The van der Waals surface area contributed by atoms with E-state index in [-0.39, 0.29) is 12.1 Å². The predicted molar refractivity (Wildman–Crippen MR) is 44.2 cm³/mol. The van der Waals surface area contributed by atoms with Crippen LogP contribution in [-0.4, -0.2) is 12.1 Å². The van der Waals surface area contributed by atoms with E-state index in [2.05, 4.69) is 12.3 Å². The Balaban J connectivity index is 3.88. The highest BCUT2D eigenvalue weighted by Gasteiger charge is 2.05. The van der Waals surface area contributed by atoms with Gasteiger partial charge in [-0.15, -0.1) is 5.73 Å². The van der Waals surface area contributed by atoms with Crippen molar-refractivity contribution in [3.63, 3.8) is 0 Å². The zero-order valence-corrected chi connectivity index (χ0v) is 7.09. The number of rotatable bonds is 4. The third-order valence-electron chi connectivity index (χ3n) is 1.19. The molecule has 0 saturated heterocycles. The van der Waals surface area contributed by atoms with Gasteiger partial charge in [0.25, 0.3) is 0 Å². The van der Waals surface area contributed by atoms with Gasteiger partial charge >= 0.3 is 5.97 Å². The van der Waals surface area contributed by atoms with Crippen molar-refractivity contribution in [2.24, 2.45) is 0 Å². The summed E-state index contributed by atoms with van der Waals surface area (Å²) in [5, 5.41) is 0. The van der Waals surface area contributed by atoms with Crippen LogP contribution in [-0.2, 0) is 9.53 Å². The molecule has 0 radical (unpaired) electrons. The van der Waals surface area contributed by atoms with Crippen LogP contribution in [0.5, 0.6) is 0 Å². The number of esters is 1. The second kappa shape index (κ2) is 5.75. The Kier molecular flexibility index (Phi) is 5.22. The van der Waals surface area contributed by atoms with E-state index in [1.165, 1.54) is 6.92 Å². The van der Waals surface area contributed by atoms with Gasteiger partial charge in [-0.1, -0.05) is 19.9 Å². The Hall–Kier alpha value is -1.01. The summed E-state index contributed by atoms with van der Waals surface area (Å²) in [6.07, 6.45) is 3.35. The summed E-state index contributed by atoms with van der Waals surface area (Å²) >= 11 is 0. The van der Waals surface area contributed by atoms with E-state index in [9.17, 15) is 4.79 Å². The summed E-state index contributed by atoms with van der Waals surface area (Å²) in [5.74, 6) is -0.255. The van der Waals surface area contributed by atoms with Crippen molar-refractivity contribution in [1.82, 2.24) is 0 Å². The van der Waals surface area contributed by atoms with E-state index in [0.29, 0.717) is 0 Å². The first kappa shape index (κ1) is 9.99. The molecule has 0 aliphatic heterocycles. The molecule has 1 unspecified atom stereocenters. The van der Waals surface area contributed by atoms with Crippen LogP contribution in [0.4, 0.5) is 0 Å². The summed E-state index contributed by atoms with van der Waals surface area (Å²) in [7, 11) is 0. The molecule has 0 amide bonds. The van der Waals surface area contributed by atoms with Crippen LogP contribution in [0.25, 0.3) is 0 Å². The van der Waals surface area contributed by atoms with Crippen molar-refractivity contribution in [2.75, 3.05) is 0 Å². The largest absolute Gasteiger partial charge is 0.458 e. The van der Waals surface area contributed by atoms with Crippen LogP contribution in [0.3, 0.4) is 0 Å². The molecule has 2 heteroatoms. The number of ether oxygens (including phenoxy) is 1. The van der Waals surface area contributed by atoms with Crippen LogP contribution in [0.1, 0.15) is 26.7 Å². The molecule has 0 aliphatic rings. The zero-order chi connectivity index (χ0) is 8.69. The Morgan fingerprint density at radius 2 is 2.45 bits per heavy atom. The first-order chi connectivity index (χ1) is 5.20. The SMILES string of the molecule is C=C=CC(CCC)OC(C)=O. The van der Waals surface area contributed by atoms with E-state index in [0.717, 1.165) is 12.8 Å². The average Bonchev–Trinajstić information content (AvgIpc) is 1.87. The van der Waals surface area contributed by atoms with Crippen LogP contribution < -0.4 is 0 Å². The van der Waals surface area contributed by atoms with Gasteiger partial charge in [0.1, 0.15) is 6.10 Å². The van der Waals surface area contributed by atoms with Crippen molar-refractivity contribution in [3.05, 3.63) is 18.4 Å². The molecule has 0 aliphatic carbocycles. The van der Waals surface area contributed by atoms with E-state index < -0.39 is 0 Å². The maximum absolute atomic E-state index is 10.5. The molecular formula is C9H14O2. The Morgan fingerprint density at radius 3 is 2.82 bits per heavy atom. The second-order valence-electron chi connectivity index (χ2n) is 2.31. The summed E-state index contributed by atoms with van der Waals surface area (Å²) in [5.41, 5.74) is 2.61. The van der Waals surface area contributed by atoms with Crippen LogP contribution in [0.2, 0.25) is 0 Å². The standard InChI is InChI=1S/C9H14O2/c1-4-6-9(7-5-2)11-8(3)10/h6,9H,1,5,7H2,2-3H3. The maximum Gasteiger partial charge on any atom is 0.303 e. The molecule has 0 aromatic rings. The lowest BCUT2D eigenvalue weighted by Gasteiger charge is -2.09. The number of carbonyl (C=O) groups is 1. The van der Waals surface area contributed by atoms with Gasteiger partial charge < -0.3 is 4.74 Å². The van der Waals surface area contributed by atoms with Crippen LogP contribution >= 0.6 is 0 Å². The van der Waals surface area contributed by atoms with Gasteiger partial charge in [0, 0.05) is 6.92 Å². The number of carbonyl (C=O) groups excluding carboxylic acids is 1. The van der Waals surface area contributed by atoms with E-state index >= 15 is 0 Å². The first-order valence-electron chi connectivity index (χ1n) is 3.73. The lowest BCUT2D eigenvalue weighted by Crippen LogP contribution is -2.12. The number of hydrogen-bond donors (Lipinski definition) is 0. The Labute approximate surface area is 67.6 Å². The highest BCUT2D eigenvalue weighted by Crippen LogP contribution is 2.03. The minimum absolute atomic E-state index is 0.144. The minimum Gasteiger partial charge on any atom is -0.458 e. The van der Waals surface area contributed by atoms with Crippen molar-refractivity contribution < 1.29 is 9.53 Å². The third-order valence-corrected chi connectivity index (χ3v) is 1.19. The molecule has 0 N–H and O–H groups in total. The fraction of sp³-hybridized carbons (Fsp3) is 0.556. The molecular weight excluding hydrogens is 140 g/mol. The summed E-state index contributed by atoms with van der Waals surface area (Å²) in [6.45, 7) is 6.86. The normalized spacial score (nSPS) is 11.5. The smallest absolute Gasteiger partial charge is 0.303 e. The predicted octanol–water partition coefficient (Wildman–Crippen LogP) is 2.06. The molecule has 0 bridgehead atoms. The minimum atomic E-state index is -0.255. The van der Waals surface area contributed by atoms with Gasteiger partial charge in [-0.2, -0.15) is 0 Å². The lowest BCUT2D eigenvalue weighted by molar-refractivity contribution is -0.144. The maximum atomic E-state index is 10.5. The van der Waals surface area contributed by atoms with Crippen molar-refractivity contribution in [1.29, 1.82) is 0 Å². The number of hydrogen-bond acceptors (Lipinski definition) is 2. The molecule has 2 nitrogen and oxygen atoms in total. The third kappa shape index (κ3) is 5.43. The molecule has 1 atom stereocenters. The van der Waals surface area contributed by atoms with Crippen molar-refractivity contribution in [2.45, 2.75) is 32.8 Å². The molecule has 0 rings (SSSR count). The monoisotopic (exact) mass is 154 g/mol. The quantitative estimate of drug-likeness (QED) is 0.457. The van der Waals surface area contributed by atoms with Crippen molar-refractivity contribution in [3.8, 4) is 0 Å². The van der Waals surface area contributed by atoms with Crippen LogP contribution in [0, 0.1) is 0 Å². The molecule has 11 heavy (non-hydrogen) atoms. The molecule has 0 spiro atoms. The van der Waals surface area contributed by atoms with Gasteiger partial charge in [0.05, 0.1) is 0 Å². The molecule has 0 saturated carbocycles. The van der Waals surface area contributed by atoms with Gasteiger partial charge in [-0.05, 0) is 12.5 Å². The Morgan fingerprint density at radius 1 is 1.82 bits per heavy atom. The summed E-state index contributed by atoms with van der Waals surface area (Å²) in [6, 6.07) is 0. The topological polar surface area (TPSA) is 26.3 Å². The molecule has 0 heterocycles. The molecule has 0 aromatic heterocycles.